The molecule has 1 aliphatic carbocycles. The minimum Gasteiger partial charge on any atom is -0.412 e. The van der Waals surface area contributed by atoms with Crippen molar-refractivity contribution in [1.29, 1.82) is 0 Å². The summed E-state index contributed by atoms with van der Waals surface area (Å²) in [5, 5.41) is 0. The lowest BCUT2D eigenvalue weighted by Gasteiger charge is -2.58. The molecule has 1 amide bonds. The molecule has 1 spiro atoms. The highest BCUT2D eigenvalue weighted by Gasteiger charge is 2.70. The molecule has 6 atom stereocenters. The molecule has 1 aromatic rings. The van der Waals surface area contributed by atoms with Crippen LogP contribution < -0.4 is 4.90 Å². The summed E-state index contributed by atoms with van der Waals surface area (Å²) in [6.07, 6.45) is 5.43. The molecule has 0 aromatic heterocycles. The Morgan fingerprint density at radius 3 is 2.86 bits per heavy atom. The number of para-hydroxylation sites is 1. The molecule has 1 saturated carbocycles. The van der Waals surface area contributed by atoms with Gasteiger partial charge in [0.2, 0.25) is 5.91 Å². The Balaban J connectivity index is 0.000000641. The quantitative estimate of drug-likeness (QED) is 0.598. The van der Waals surface area contributed by atoms with Crippen LogP contribution in [0.4, 0.5) is 5.69 Å². The summed E-state index contributed by atoms with van der Waals surface area (Å²) in [4.78, 5) is 18.1. The maximum Gasteiger partial charge on any atom is 0.229 e. The van der Waals surface area contributed by atoms with Crippen molar-refractivity contribution in [1.82, 2.24) is 4.90 Å². The van der Waals surface area contributed by atoms with Crippen LogP contribution in [-0.4, -0.2) is 59.6 Å². The Morgan fingerprint density at radius 1 is 1.18 bits per heavy atom. The van der Waals surface area contributed by atoms with Crippen LogP contribution in [-0.2, 0) is 14.9 Å². The van der Waals surface area contributed by atoms with Crippen LogP contribution in [0.15, 0.2) is 35.9 Å². The molecule has 4 N–H and O–H groups in total. The van der Waals surface area contributed by atoms with Gasteiger partial charge in [-0.2, -0.15) is 0 Å². The van der Waals surface area contributed by atoms with E-state index < -0.39 is 0 Å². The van der Waals surface area contributed by atoms with Crippen molar-refractivity contribution in [2.75, 3.05) is 24.6 Å². The van der Waals surface area contributed by atoms with Gasteiger partial charge in [-0.25, -0.2) is 0 Å². The van der Waals surface area contributed by atoms with Crippen LogP contribution in [0.25, 0.3) is 0 Å². The number of nitrogens with zero attached hydrogens (tertiary/aromatic N) is 2. The fraction of sp³-hybridized carbons (Fsp3) is 0.571. The van der Waals surface area contributed by atoms with Crippen molar-refractivity contribution in [3.05, 3.63) is 41.5 Å². The summed E-state index contributed by atoms with van der Waals surface area (Å²) in [5.41, 5.74) is 4.35. The first-order chi connectivity index (χ1) is 12.3. The Morgan fingerprint density at radius 2 is 2.00 bits per heavy atom. The monoisotopic (exact) mass is 406 g/mol. The van der Waals surface area contributed by atoms with Gasteiger partial charge in [0.25, 0.3) is 0 Å². The Bertz CT molecular complexity index is 861. The number of piperidine rings is 2. The van der Waals surface area contributed by atoms with Gasteiger partial charge in [-0.1, -0.05) is 29.8 Å². The number of ether oxygens (including phenoxy) is 1. The molecule has 7 rings (SSSR count). The van der Waals surface area contributed by atoms with Crippen LogP contribution in [0, 0.1) is 11.8 Å². The number of amides is 1. The third kappa shape index (κ3) is 1.95. The number of hydrogen-bond acceptors (Lipinski definition) is 3. The summed E-state index contributed by atoms with van der Waals surface area (Å²) in [6, 6.07) is 9.64. The van der Waals surface area contributed by atoms with Gasteiger partial charge >= 0.3 is 0 Å². The smallest absolute Gasteiger partial charge is 0.229 e. The van der Waals surface area contributed by atoms with Crippen molar-refractivity contribution in [2.24, 2.45) is 11.8 Å². The number of rotatable bonds is 0. The molecular formula is C21H27ClN2O4. The minimum atomic E-state index is 0. The molecule has 0 unspecified atom stereocenters. The third-order valence-electron chi connectivity index (χ3n) is 8.22. The number of carbonyl (C=O) groups excluding carboxylic acids is 1. The molecule has 0 radical (unpaired) electrons. The zero-order chi connectivity index (χ0) is 16.3. The fourth-order valence-corrected chi connectivity index (χ4v) is 7.51. The normalized spacial score (nSPS) is 41.0. The average molecular weight is 407 g/mol. The largest absolute Gasteiger partial charge is 0.412 e. The predicted molar refractivity (Wildman–Crippen MR) is 108 cm³/mol. The van der Waals surface area contributed by atoms with E-state index in [4.69, 9.17) is 4.74 Å². The second-order valence-corrected chi connectivity index (χ2v) is 8.78. The van der Waals surface area contributed by atoms with E-state index in [1.807, 2.05) is 0 Å². The number of hydrogen-bond donors (Lipinski definition) is 0. The predicted octanol–water partition coefficient (Wildman–Crippen LogP) is 0.865. The first-order valence-corrected chi connectivity index (χ1v) is 9.75. The molecule has 5 heterocycles. The molecule has 4 fully saturated rings. The summed E-state index contributed by atoms with van der Waals surface area (Å²) in [7, 11) is 0. The van der Waals surface area contributed by atoms with Gasteiger partial charge in [0.15, 0.2) is 0 Å². The van der Waals surface area contributed by atoms with E-state index in [1.165, 1.54) is 30.6 Å². The van der Waals surface area contributed by atoms with Gasteiger partial charge < -0.3 is 20.6 Å². The number of anilines is 1. The lowest BCUT2D eigenvalue weighted by Crippen LogP contribution is -2.69. The van der Waals surface area contributed by atoms with Crippen LogP contribution in [0.2, 0.25) is 0 Å². The van der Waals surface area contributed by atoms with Gasteiger partial charge in [0.05, 0.1) is 25.2 Å². The molecule has 1 aromatic carbocycles. The number of benzene rings is 1. The zero-order valence-corrected chi connectivity index (χ0v) is 16.5. The third-order valence-corrected chi connectivity index (χ3v) is 8.22. The van der Waals surface area contributed by atoms with E-state index in [0.717, 1.165) is 6.54 Å². The number of halogens is 1. The van der Waals surface area contributed by atoms with Crippen molar-refractivity contribution in [3.8, 4) is 0 Å². The van der Waals surface area contributed by atoms with Crippen LogP contribution >= 0.6 is 12.4 Å². The second kappa shape index (κ2) is 6.28. The highest BCUT2D eigenvalue weighted by Crippen LogP contribution is 2.65. The van der Waals surface area contributed by atoms with Crippen molar-refractivity contribution < 1.29 is 20.5 Å². The zero-order valence-electron chi connectivity index (χ0n) is 15.6. The molecular weight excluding hydrogens is 380 g/mol. The molecule has 2 bridgehead atoms. The lowest BCUT2D eigenvalue weighted by atomic mass is 9.53. The van der Waals surface area contributed by atoms with Gasteiger partial charge in [0.1, 0.15) is 0 Å². The average Bonchev–Trinajstić information content (AvgIpc) is 3.10. The highest BCUT2D eigenvalue weighted by atomic mass is 35.5. The van der Waals surface area contributed by atoms with Crippen molar-refractivity contribution in [3.63, 3.8) is 0 Å². The van der Waals surface area contributed by atoms with Gasteiger partial charge in [-0.15, -0.1) is 12.4 Å². The molecule has 5 aliphatic heterocycles. The van der Waals surface area contributed by atoms with E-state index in [0.29, 0.717) is 36.9 Å². The second-order valence-electron chi connectivity index (χ2n) is 8.78. The van der Waals surface area contributed by atoms with Crippen LogP contribution in [0.3, 0.4) is 0 Å². The SMILES string of the molecule is Cl.O.O.O=C1C[C@@H]2OCC=C3CN4CC[C@]56c7ccccc7N1[C@H]5[C@H]2[C@H]3C[C@H]46. The summed E-state index contributed by atoms with van der Waals surface area (Å²) < 4.78 is 6.25. The molecule has 28 heavy (non-hydrogen) atoms. The van der Waals surface area contributed by atoms with Gasteiger partial charge in [0, 0.05) is 29.6 Å². The highest BCUT2D eigenvalue weighted by molar-refractivity contribution is 5.99. The van der Waals surface area contributed by atoms with Gasteiger partial charge in [-0.05, 0) is 36.9 Å². The molecule has 3 saturated heterocycles. The Kier molecular flexibility index (Phi) is 4.45. The first kappa shape index (κ1) is 19.9. The Labute approximate surface area is 170 Å². The fourth-order valence-electron chi connectivity index (χ4n) is 7.51. The van der Waals surface area contributed by atoms with E-state index in [9.17, 15) is 4.79 Å². The van der Waals surface area contributed by atoms with E-state index in [1.54, 1.807) is 5.57 Å². The summed E-state index contributed by atoms with van der Waals surface area (Å²) >= 11 is 0. The topological polar surface area (TPSA) is 95.8 Å². The van der Waals surface area contributed by atoms with E-state index in [-0.39, 0.29) is 40.8 Å². The molecule has 6 aliphatic rings. The summed E-state index contributed by atoms with van der Waals surface area (Å²) in [6.45, 7) is 2.97. The minimum absolute atomic E-state index is 0. The molecule has 6 nitrogen and oxygen atoms in total. The molecule has 152 valence electrons. The number of carbonyl (C=O) groups is 1. The summed E-state index contributed by atoms with van der Waals surface area (Å²) in [5.74, 6) is 1.35. The van der Waals surface area contributed by atoms with E-state index in [2.05, 4.69) is 40.1 Å². The Hall–Kier alpha value is -1.44. The number of fused-ring (bicyclic) bond motifs is 2. The first-order valence-electron chi connectivity index (χ1n) is 9.75. The maximum absolute atomic E-state index is 13.2. The van der Waals surface area contributed by atoms with Gasteiger partial charge in [-0.3, -0.25) is 9.69 Å². The maximum atomic E-state index is 13.2. The lowest BCUT2D eigenvalue weighted by molar-refractivity contribution is -0.132. The van der Waals surface area contributed by atoms with Crippen LogP contribution in [0.1, 0.15) is 24.8 Å². The van der Waals surface area contributed by atoms with Crippen LogP contribution in [0.5, 0.6) is 0 Å². The van der Waals surface area contributed by atoms with E-state index >= 15 is 0 Å². The molecule has 7 heteroatoms. The standard InChI is InChI=1S/C21H22N2O2.ClH.2H2O/c24-18-10-16-19-13-9-17-21(6-7-22(17)11-12(13)5-8-25-16)14-3-1-2-4-15(14)23(18)20(19)21;;;/h1-5,13,16-17,19-20H,6-11H2;1H;2*1H2/t13-,16-,17-,19-,20-,21+;;;/m0.../s1. The van der Waals surface area contributed by atoms with Crippen molar-refractivity contribution in [2.45, 2.75) is 42.9 Å². The van der Waals surface area contributed by atoms with Crippen molar-refractivity contribution >= 4 is 24.0 Å².